The van der Waals surface area contributed by atoms with E-state index in [1.54, 1.807) is 31.9 Å². The van der Waals surface area contributed by atoms with E-state index in [0.29, 0.717) is 30.2 Å². The minimum Gasteiger partial charge on any atom is -0.495 e. The minimum absolute atomic E-state index is 0.107. The molecule has 0 amide bonds. The number of aliphatic hydroxyl groups is 2. The Morgan fingerprint density at radius 1 is 1.00 bits per heavy atom. The number of nitrogens with one attached hydrogen (secondary N) is 1. The molecule has 39 heavy (non-hydrogen) atoms. The Hall–Kier alpha value is -3.30. The molecule has 0 spiro atoms. The number of ether oxygens (including phenoxy) is 2. The van der Waals surface area contributed by atoms with Crippen molar-refractivity contribution >= 4 is 15.9 Å². The molecule has 7 nitrogen and oxygen atoms in total. The number of nitrogens with zero attached hydrogens (tertiary/aromatic N) is 2. The fourth-order valence-electron chi connectivity index (χ4n) is 6.29. The van der Waals surface area contributed by atoms with Crippen LogP contribution in [0.1, 0.15) is 34.6 Å². The van der Waals surface area contributed by atoms with E-state index in [0.717, 1.165) is 34.7 Å². The quantitative estimate of drug-likeness (QED) is 0.281. The van der Waals surface area contributed by atoms with Gasteiger partial charge in [0.25, 0.3) is 0 Å². The van der Waals surface area contributed by atoms with E-state index in [2.05, 4.69) is 43.3 Å². The van der Waals surface area contributed by atoms with Gasteiger partial charge in [-0.3, -0.25) is 9.97 Å². The van der Waals surface area contributed by atoms with Crippen LogP contribution < -0.4 is 14.8 Å². The lowest BCUT2D eigenvalue weighted by molar-refractivity contribution is -0.127. The molecule has 1 fully saturated rings. The summed E-state index contributed by atoms with van der Waals surface area (Å²) in [5, 5.41) is 23.7. The molecular weight excluding hydrogens is 558 g/mol. The second-order valence-electron chi connectivity index (χ2n) is 9.71. The summed E-state index contributed by atoms with van der Waals surface area (Å²) in [6.45, 7) is 1.27. The highest BCUT2D eigenvalue weighted by molar-refractivity contribution is 9.10. The van der Waals surface area contributed by atoms with E-state index in [-0.39, 0.29) is 11.8 Å². The predicted octanol–water partition coefficient (Wildman–Crippen LogP) is 4.93. The number of hydrogen-bond donors (Lipinski definition) is 3. The average molecular weight is 591 g/mol. The van der Waals surface area contributed by atoms with Crippen molar-refractivity contribution < 1.29 is 19.7 Å². The fourth-order valence-corrected chi connectivity index (χ4v) is 6.55. The smallest absolute Gasteiger partial charge is 0.174 e. The van der Waals surface area contributed by atoms with E-state index in [1.807, 2.05) is 54.6 Å². The van der Waals surface area contributed by atoms with Crippen LogP contribution in [0, 0.1) is 5.92 Å². The monoisotopic (exact) mass is 589 g/mol. The molecule has 3 heterocycles. The zero-order valence-electron chi connectivity index (χ0n) is 21.9. The third-order valence-corrected chi connectivity index (χ3v) is 8.39. The van der Waals surface area contributed by atoms with Gasteiger partial charge >= 0.3 is 0 Å². The highest BCUT2D eigenvalue weighted by Crippen LogP contribution is 2.69. The number of hydrogen-bond acceptors (Lipinski definition) is 7. The first-order valence-corrected chi connectivity index (χ1v) is 13.7. The SMILES string of the molecule is CO.COc1cncc2c1C1(O)C(CNCc3ccncc3)CC(c3ccccc3)C1(c1ccc(Br)cc1)O2. The Balaban J connectivity index is 0.00000151. The molecular formula is C31H32BrN3O4. The number of aromatic nitrogens is 2. The highest BCUT2D eigenvalue weighted by Gasteiger charge is 2.73. The van der Waals surface area contributed by atoms with Gasteiger partial charge in [-0.2, -0.15) is 0 Å². The molecule has 6 rings (SSSR count). The van der Waals surface area contributed by atoms with E-state index in [1.165, 1.54) is 0 Å². The number of rotatable bonds is 7. The van der Waals surface area contributed by atoms with Gasteiger partial charge in [-0.1, -0.05) is 58.4 Å². The van der Waals surface area contributed by atoms with Crippen molar-refractivity contribution in [3.8, 4) is 11.5 Å². The predicted molar refractivity (Wildman–Crippen MR) is 153 cm³/mol. The van der Waals surface area contributed by atoms with Gasteiger partial charge in [0.05, 0.1) is 25.1 Å². The van der Waals surface area contributed by atoms with Crippen LogP contribution in [0.4, 0.5) is 0 Å². The summed E-state index contributed by atoms with van der Waals surface area (Å²) in [6, 6.07) is 22.4. The van der Waals surface area contributed by atoms with Gasteiger partial charge in [-0.25, -0.2) is 0 Å². The highest BCUT2D eigenvalue weighted by atomic mass is 79.9. The first-order valence-electron chi connectivity index (χ1n) is 12.9. The Morgan fingerprint density at radius 2 is 1.72 bits per heavy atom. The molecule has 3 N–H and O–H groups in total. The number of benzene rings is 2. The summed E-state index contributed by atoms with van der Waals surface area (Å²) in [5.74, 6) is 0.821. The maximum atomic E-state index is 13.1. The van der Waals surface area contributed by atoms with Gasteiger partial charge in [0.1, 0.15) is 17.1 Å². The van der Waals surface area contributed by atoms with Crippen molar-refractivity contribution in [3.63, 3.8) is 0 Å². The third-order valence-electron chi connectivity index (χ3n) is 7.86. The molecule has 4 unspecified atom stereocenters. The second kappa shape index (κ2) is 11.4. The van der Waals surface area contributed by atoms with Crippen LogP contribution in [-0.2, 0) is 17.7 Å². The largest absolute Gasteiger partial charge is 0.495 e. The van der Waals surface area contributed by atoms with Crippen LogP contribution in [0.5, 0.6) is 11.5 Å². The van der Waals surface area contributed by atoms with Crippen LogP contribution >= 0.6 is 15.9 Å². The molecule has 2 aliphatic rings. The minimum atomic E-state index is -1.36. The molecule has 1 aliphatic carbocycles. The van der Waals surface area contributed by atoms with Crippen LogP contribution in [0.2, 0.25) is 0 Å². The zero-order chi connectivity index (χ0) is 27.5. The van der Waals surface area contributed by atoms with Crippen molar-refractivity contribution in [3.05, 3.63) is 118 Å². The van der Waals surface area contributed by atoms with Crippen LogP contribution in [-0.4, -0.2) is 40.9 Å². The molecule has 2 aromatic heterocycles. The Labute approximate surface area is 237 Å². The molecule has 4 atom stereocenters. The van der Waals surface area contributed by atoms with E-state index < -0.39 is 11.2 Å². The number of halogens is 1. The fraction of sp³-hybridized carbons (Fsp3) is 0.290. The summed E-state index contributed by atoms with van der Waals surface area (Å²) in [5.41, 5.74) is 1.43. The number of aliphatic hydroxyl groups excluding tert-OH is 1. The molecule has 0 saturated heterocycles. The van der Waals surface area contributed by atoms with Crippen molar-refractivity contribution in [1.82, 2.24) is 15.3 Å². The van der Waals surface area contributed by atoms with Gasteiger partial charge < -0.3 is 25.0 Å². The van der Waals surface area contributed by atoms with Gasteiger partial charge in [0.2, 0.25) is 0 Å². The molecule has 0 radical (unpaired) electrons. The van der Waals surface area contributed by atoms with Gasteiger partial charge in [-0.15, -0.1) is 0 Å². The topological polar surface area (TPSA) is 96.7 Å². The lowest BCUT2D eigenvalue weighted by Crippen LogP contribution is -2.52. The standard InChI is InChI=1S/C30H28BrN3O3.CH4O/c1-36-26-18-34-19-27-28(26)29(35)23(17-33-16-20-11-13-32-14-12-20)15-25(21-5-3-2-4-6-21)30(29,37-27)22-7-9-24(31)10-8-22;1-2/h2-14,18-19,23,25,33,35H,15-17H2,1H3;2H,1H3. The first-order chi connectivity index (χ1) is 19.1. The summed E-state index contributed by atoms with van der Waals surface area (Å²) >= 11 is 3.57. The van der Waals surface area contributed by atoms with Gasteiger partial charge in [0, 0.05) is 48.9 Å². The van der Waals surface area contributed by atoms with Crippen molar-refractivity contribution in [2.45, 2.75) is 30.1 Å². The van der Waals surface area contributed by atoms with Crippen molar-refractivity contribution in [2.75, 3.05) is 20.8 Å². The van der Waals surface area contributed by atoms with Crippen molar-refractivity contribution in [2.24, 2.45) is 5.92 Å². The molecule has 1 aliphatic heterocycles. The van der Waals surface area contributed by atoms with Gasteiger partial charge in [-0.05, 0) is 47.4 Å². The molecule has 202 valence electrons. The Kier molecular flexibility index (Phi) is 8.00. The summed E-state index contributed by atoms with van der Waals surface area (Å²) in [4.78, 5) is 8.47. The Morgan fingerprint density at radius 3 is 2.41 bits per heavy atom. The van der Waals surface area contributed by atoms with Crippen LogP contribution in [0.3, 0.4) is 0 Å². The second-order valence-corrected chi connectivity index (χ2v) is 10.6. The Bertz CT molecular complexity index is 1390. The lowest BCUT2D eigenvalue weighted by Gasteiger charge is -2.42. The van der Waals surface area contributed by atoms with E-state index in [9.17, 15) is 5.11 Å². The molecule has 8 heteroatoms. The number of pyridine rings is 2. The van der Waals surface area contributed by atoms with Gasteiger partial charge in [0.15, 0.2) is 5.60 Å². The number of methoxy groups -OCH3 is 1. The third kappa shape index (κ3) is 4.51. The summed E-state index contributed by atoms with van der Waals surface area (Å²) < 4.78 is 13.6. The maximum Gasteiger partial charge on any atom is 0.174 e. The lowest BCUT2D eigenvalue weighted by atomic mass is 9.70. The first kappa shape index (κ1) is 27.3. The molecule has 0 bridgehead atoms. The number of fused-ring (bicyclic) bond motifs is 3. The molecule has 2 aromatic carbocycles. The van der Waals surface area contributed by atoms with E-state index in [4.69, 9.17) is 14.6 Å². The van der Waals surface area contributed by atoms with Crippen molar-refractivity contribution in [1.29, 1.82) is 0 Å². The normalized spacial score (nSPS) is 24.6. The van der Waals surface area contributed by atoms with E-state index >= 15 is 0 Å². The zero-order valence-corrected chi connectivity index (χ0v) is 23.5. The maximum absolute atomic E-state index is 13.1. The molecule has 4 aromatic rings. The summed E-state index contributed by atoms with van der Waals surface area (Å²) in [7, 11) is 2.61. The van der Waals surface area contributed by atoms with Crippen LogP contribution in [0.15, 0.2) is 96.0 Å². The summed E-state index contributed by atoms with van der Waals surface area (Å²) in [6.07, 6.45) is 7.67. The van der Waals surface area contributed by atoms with Crippen LogP contribution in [0.25, 0.3) is 0 Å². The molecule has 1 saturated carbocycles. The average Bonchev–Trinajstić information content (AvgIpc) is 3.40.